The Morgan fingerprint density at radius 1 is 1.12 bits per heavy atom. The minimum atomic E-state index is -0.161. The van der Waals surface area contributed by atoms with E-state index in [0.29, 0.717) is 12.4 Å². The van der Waals surface area contributed by atoms with Crippen LogP contribution < -0.4 is 10.9 Å². The van der Waals surface area contributed by atoms with Crippen LogP contribution >= 0.6 is 15.9 Å². The van der Waals surface area contributed by atoms with Crippen molar-refractivity contribution in [3.63, 3.8) is 0 Å². The topological polar surface area (TPSA) is 46.9 Å². The second-order valence-electron chi connectivity index (χ2n) is 5.72. The molecule has 0 aliphatic heterocycles. The zero-order valence-electron chi connectivity index (χ0n) is 13.6. The highest BCUT2D eigenvalue weighted by Gasteiger charge is 2.07. The zero-order valence-corrected chi connectivity index (χ0v) is 15.2. The molecule has 2 aromatic carbocycles. The molecule has 0 saturated carbocycles. The van der Waals surface area contributed by atoms with Crippen LogP contribution in [0.15, 0.2) is 64.1 Å². The lowest BCUT2D eigenvalue weighted by Crippen LogP contribution is -2.23. The second-order valence-corrected chi connectivity index (χ2v) is 6.58. The molecule has 122 valence electrons. The first-order valence-corrected chi connectivity index (χ1v) is 8.47. The van der Waals surface area contributed by atoms with Crippen LogP contribution in [0.5, 0.6) is 0 Å². The monoisotopic (exact) mass is 383 g/mol. The highest BCUT2D eigenvalue weighted by molar-refractivity contribution is 9.10. The predicted molar refractivity (Wildman–Crippen MR) is 101 cm³/mol. The maximum atomic E-state index is 12.7. The molecule has 24 heavy (non-hydrogen) atoms. The Bertz CT molecular complexity index is 917. The lowest BCUT2D eigenvalue weighted by molar-refractivity contribution is 0.942. The van der Waals surface area contributed by atoms with Crippen LogP contribution in [0.4, 0.5) is 5.82 Å². The molecule has 4 nitrogen and oxygen atoms in total. The van der Waals surface area contributed by atoms with Crippen molar-refractivity contribution in [1.29, 1.82) is 0 Å². The molecule has 1 aromatic heterocycles. The number of hydrogen-bond acceptors (Lipinski definition) is 3. The summed E-state index contributed by atoms with van der Waals surface area (Å²) in [6.45, 7) is 4.61. The van der Waals surface area contributed by atoms with E-state index in [1.807, 2.05) is 37.3 Å². The number of nitrogens with zero attached hydrogens (tertiary/aromatic N) is 2. The van der Waals surface area contributed by atoms with Gasteiger partial charge in [-0.25, -0.2) is 4.98 Å². The number of aromatic nitrogens is 2. The molecule has 5 heteroatoms. The first-order chi connectivity index (χ1) is 11.5. The van der Waals surface area contributed by atoms with E-state index in [4.69, 9.17) is 0 Å². The standard InChI is InChI=1S/C19H18BrN3O/c1-13-3-5-15(6-4-13)12-22-18-19(24)23(10-9-21-18)16-7-8-17(20)14(2)11-16/h3-11H,12H2,1-2H3,(H,21,22). The molecular weight excluding hydrogens is 366 g/mol. The van der Waals surface area contributed by atoms with Gasteiger partial charge in [-0.15, -0.1) is 0 Å². The molecule has 0 atom stereocenters. The van der Waals surface area contributed by atoms with Crippen molar-refractivity contribution in [2.24, 2.45) is 0 Å². The summed E-state index contributed by atoms with van der Waals surface area (Å²) >= 11 is 3.48. The molecular formula is C19H18BrN3O. The molecule has 0 amide bonds. The first kappa shape index (κ1) is 16.5. The van der Waals surface area contributed by atoms with Gasteiger partial charge in [0, 0.05) is 29.1 Å². The third-order valence-corrected chi connectivity index (χ3v) is 4.73. The van der Waals surface area contributed by atoms with Gasteiger partial charge in [-0.3, -0.25) is 9.36 Å². The van der Waals surface area contributed by atoms with Crippen LogP contribution in [0, 0.1) is 13.8 Å². The summed E-state index contributed by atoms with van der Waals surface area (Å²) < 4.78 is 2.62. The van der Waals surface area contributed by atoms with E-state index in [2.05, 4.69) is 45.3 Å². The average molecular weight is 384 g/mol. The number of halogens is 1. The third kappa shape index (κ3) is 3.57. The van der Waals surface area contributed by atoms with Crippen LogP contribution in [0.25, 0.3) is 5.69 Å². The van der Waals surface area contributed by atoms with Crippen LogP contribution in [-0.2, 0) is 6.54 Å². The van der Waals surface area contributed by atoms with Crippen molar-refractivity contribution in [3.8, 4) is 5.69 Å². The van der Waals surface area contributed by atoms with Gasteiger partial charge in [-0.2, -0.15) is 0 Å². The minimum Gasteiger partial charge on any atom is -0.361 e. The van der Waals surface area contributed by atoms with Crippen LogP contribution in [0.2, 0.25) is 0 Å². The summed E-state index contributed by atoms with van der Waals surface area (Å²) in [6, 6.07) is 14.0. The number of aryl methyl sites for hydroxylation is 2. The van der Waals surface area contributed by atoms with E-state index in [-0.39, 0.29) is 5.56 Å². The van der Waals surface area contributed by atoms with Gasteiger partial charge in [-0.1, -0.05) is 45.8 Å². The number of hydrogen-bond donors (Lipinski definition) is 1. The third-order valence-electron chi connectivity index (χ3n) is 3.84. The normalized spacial score (nSPS) is 10.6. The molecule has 0 aliphatic carbocycles. The molecule has 0 radical (unpaired) electrons. The fourth-order valence-corrected chi connectivity index (χ4v) is 2.65. The summed E-state index contributed by atoms with van der Waals surface area (Å²) in [4.78, 5) is 16.9. The van der Waals surface area contributed by atoms with Gasteiger partial charge in [0.1, 0.15) is 0 Å². The Balaban J connectivity index is 1.86. The van der Waals surface area contributed by atoms with Crippen molar-refractivity contribution in [2.75, 3.05) is 5.32 Å². The van der Waals surface area contributed by atoms with Gasteiger partial charge in [0.05, 0.1) is 0 Å². The van der Waals surface area contributed by atoms with Crippen molar-refractivity contribution >= 4 is 21.7 Å². The molecule has 1 N–H and O–H groups in total. The Morgan fingerprint density at radius 2 is 1.88 bits per heavy atom. The van der Waals surface area contributed by atoms with Crippen molar-refractivity contribution in [1.82, 2.24) is 9.55 Å². The Labute approximate surface area is 149 Å². The molecule has 0 spiro atoms. The number of anilines is 1. The maximum absolute atomic E-state index is 12.7. The smallest absolute Gasteiger partial charge is 0.297 e. The van der Waals surface area contributed by atoms with Crippen LogP contribution in [-0.4, -0.2) is 9.55 Å². The highest BCUT2D eigenvalue weighted by atomic mass is 79.9. The molecule has 3 aromatic rings. The fraction of sp³-hybridized carbons (Fsp3) is 0.158. The number of benzene rings is 2. The van der Waals surface area contributed by atoms with Crippen molar-refractivity contribution in [3.05, 3.63) is 86.4 Å². The number of nitrogens with one attached hydrogen (secondary N) is 1. The summed E-state index contributed by atoms with van der Waals surface area (Å²) in [5.41, 5.74) is 4.06. The van der Waals surface area contributed by atoms with Crippen LogP contribution in [0.1, 0.15) is 16.7 Å². The lowest BCUT2D eigenvalue weighted by atomic mass is 10.1. The van der Waals surface area contributed by atoms with Gasteiger partial charge in [0.25, 0.3) is 5.56 Å². The first-order valence-electron chi connectivity index (χ1n) is 7.68. The zero-order chi connectivity index (χ0) is 17.1. The van der Waals surface area contributed by atoms with E-state index in [1.54, 1.807) is 17.0 Å². The predicted octanol–water partition coefficient (Wildman–Crippen LogP) is 4.22. The van der Waals surface area contributed by atoms with E-state index in [9.17, 15) is 4.79 Å². The van der Waals surface area contributed by atoms with Crippen molar-refractivity contribution in [2.45, 2.75) is 20.4 Å². The molecule has 0 saturated heterocycles. The molecule has 1 heterocycles. The molecule has 0 fully saturated rings. The second kappa shape index (κ2) is 7.01. The van der Waals surface area contributed by atoms with E-state index in [1.165, 1.54) is 5.56 Å². The van der Waals surface area contributed by atoms with E-state index < -0.39 is 0 Å². The van der Waals surface area contributed by atoms with E-state index >= 15 is 0 Å². The van der Waals surface area contributed by atoms with E-state index in [0.717, 1.165) is 21.3 Å². The Hall–Kier alpha value is -2.40. The van der Waals surface area contributed by atoms with Gasteiger partial charge >= 0.3 is 0 Å². The minimum absolute atomic E-state index is 0.161. The Kier molecular flexibility index (Phi) is 4.81. The van der Waals surface area contributed by atoms with Gasteiger partial charge in [-0.05, 0) is 43.2 Å². The molecule has 0 unspecified atom stereocenters. The fourth-order valence-electron chi connectivity index (χ4n) is 2.41. The summed E-state index contributed by atoms with van der Waals surface area (Å²) in [5, 5.41) is 3.13. The largest absolute Gasteiger partial charge is 0.361 e. The lowest BCUT2D eigenvalue weighted by Gasteiger charge is -2.10. The summed E-state index contributed by atoms with van der Waals surface area (Å²) in [7, 11) is 0. The quantitative estimate of drug-likeness (QED) is 0.733. The summed E-state index contributed by atoms with van der Waals surface area (Å²) in [6.07, 6.45) is 3.32. The van der Waals surface area contributed by atoms with Crippen molar-refractivity contribution < 1.29 is 0 Å². The molecule has 3 rings (SSSR count). The molecule has 0 bridgehead atoms. The van der Waals surface area contributed by atoms with Gasteiger partial charge in [0.15, 0.2) is 5.82 Å². The highest BCUT2D eigenvalue weighted by Crippen LogP contribution is 2.18. The number of rotatable bonds is 4. The summed E-state index contributed by atoms with van der Waals surface area (Å²) in [5.74, 6) is 0.346. The van der Waals surface area contributed by atoms with Gasteiger partial charge in [0.2, 0.25) is 0 Å². The molecule has 0 aliphatic rings. The maximum Gasteiger partial charge on any atom is 0.297 e. The Morgan fingerprint density at radius 3 is 2.58 bits per heavy atom. The SMILES string of the molecule is Cc1ccc(CNc2nccn(-c3ccc(Br)c(C)c3)c2=O)cc1. The van der Waals surface area contributed by atoms with Gasteiger partial charge < -0.3 is 5.32 Å². The average Bonchev–Trinajstić information content (AvgIpc) is 2.58. The van der Waals surface area contributed by atoms with Crippen LogP contribution in [0.3, 0.4) is 0 Å².